The summed E-state index contributed by atoms with van der Waals surface area (Å²) in [4.78, 5) is 25.5. The minimum atomic E-state index is -0.484. The Hall–Kier alpha value is -2.93. The van der Waals surface area contributed by atoms with E-state index in [-0.39, 0.29) is 11.4 Å². The largest absolute Gasteiger partial charge is 0.366 e. The molecule has 0 bridgehead atoms. The zero-order chi connectivity index (χ0) is 20.3. The summed E-state index contributed by atoms with van der Waals surface area (Å²) in [6.45, 7) is 8.25. The second-order valence-corrected chi connectivity index (χ2v) is 8.05. The molecule has 7 heteroatoms. The average Bonchev–Trinajstić information content (AvgIpc) is 3.13. The van der Waals surface area contributed by atoms with Gasteiger partial charge in [-0.25, -0.2) is 0 Å². The fourth-order valence-corrected chi connectivity index (χ4v) is 3.09. The molecule has 0 atom stereocenters. The monoisotopic (exact) mass is 381 g/mol. The van der Waals surface area contributed by atoms with Gasteiger partial charge < -0.3 is 11.1 Å². The number of benzene rings is 1. The third kappa shape index (κ3) is 4.86. The van der Waals surface area contributed by atoms with Crippen molar-refractivity contribution in [3.63, 3.8) is 0 Å². The summed E-state index contributed by atoms with van der Waals surface area (Å²) in [6, 6.07) is 6.56. The molecule has 0 aliphatic carbocycles. The Morgan fingerprint density at radius 2 is 1.93 bits per heavy atom. The van der Waals surface area contributed by atoms with E-state index in [1.165, 1.54) is 5.57 Å². The van der Waals surface area contributed by atoms with Gasteiger partial charge in [-0.2, -0.15) is 5.10 Å². The van der Waals surface area contributed by atoms with Crippen LogP contribution in [0.4, 0.5) is 5.69 Å². The highest BCUT2D eigenvalue weighted by molar-refractivity contribution is 5.95. The predicted molar refractivity (Wildman–Crippen MR) is 110 cm³/mol. The Bertz CT molecular complexity index is 890. The Morgan fingerprint density at radius 1 is 1.21 bits per heavy atom. The van der Waals surface area contributed by atoms with E-state index in [9.17, 15) is 9.59 Å². The molecule has 7 nitrogen and oxygen atoms in total. The van der Waals surface area contributed by atoms with Gasteiger partial charge in [0.15, 0.2) is 0 Å². The van der Waals surface area contributed by atoms with Crippen molar-refractivity contribution in [3.05, 3.63) is 53.9 Å². The average molecular weight is 381 g/mol. The SMILES string of the molecule is CC(C)(C)n1cc(C2=CCN(CC(=O)Nc3ccc(C(N)=O)cc3)CC2)cn1. The van der Waals surface area contributed by atoms with E-state index >= 15 is 0 Å². The zero-order valence-electron chi connectivity index (χ0n) is 16.6. The molecule has 2 amide bonds. The van der Waals surface area contributed by atoms with Crippen molar-refractivity contribution in [3.8, 4) is 0 Å². The van der Waals surface area contributed by atoms with Crippen LogP contribution in [-0.2, 0) is 10.3 Å². The standard InChI is InChI=1S/C21H27N5O2/c1-21(2,3)26-13-17(12-23-26)15-8-10-25(11-9-15)14-19(27)24-18-6-4-16(5-7-18)20(22)28/h4-8,12-13H,9-11,14H2,1-3H3,(H2,22,28)(H,24,27). The lowest BCUT2D eigenvalue weighted by atomic mass is 10.0. The number of hydrogen-bond acceptors (Lipinski definition) is 4. The molecule has 148 valence electrons. The van der Waals surface area contributed by atoms with Gasteiger partial charge in [-0.1, -0.05) is 6.08 Å². The van der Waals surface area contributed by atoms with Gasteiger partial charge in [0.05, 0.1) is 18.3 Å². The number of rotatable bonds is 5. The Morgan fingerprint density at radius 3 is 2.46 bits per heavy atom. The van der Waals surface area contributed by atoms with Crippen LogP contribution in [0, 0.1) is 0 Å². The van der Waals surface area contributed by atoms with Crippen molar-refractivity contribution >= 4 is 23.1 Å². The second kappa shape index (κ2) is 7.98. The summed E-state index contributed by atoms with van der Waals surface area (Å²) in [7, 11) is 0. The first-order valence-corrected chi connectivity index (χ1v) is 9.39. The van der Waals surface area contributed by atoms with E-state index in [0.717, 1.165) is 25.1 Å². The van der Waals surface area contributed by atoms with E-state index in [4.69, 9.17) is 5.73 Å². The molecule has 3 rings (SSSR count). The molecule has 1 aromatic heterocycles. The number of anilines is 1. The number of carbonyl (C=O) groups is 2. The van der Waals surface area contributed by atoms with Crippen LogP contribution in [0.2, 0.25) is 0 Å². The lowest BCUT2D eigenvalue weighted by Gasteiger charge is -2.25. The second-order valence-electron chi connectivity index (χ2n) is 8.05. The van der Waals surface area contributed by atoms with Crippen LogP contribution in [-0.4, -0.2) is 46.1 Å². The number of hydrogen-bond donors (Lipinski definition) is 2. The van der Waals surface area contributed by atoms with Gasteiger partial charge in [0.25, 0.3) is 0 Å². The first-order chi connectivity index (χ1) is 13.2. The molecule has 3 N–H and O–H groups in total. The van der Waals surface area contributed by atoms with Gasteiger partial charge in [-0.15, -0.1) is 0 Å². The van der Waals surface area contributed by atoms with Crippen LogP contribution in [0.25, 0.3) is 5.57 Å². The van der Waals surface area contributed by atoms with Crippen molar-refractivity contribution in [2.24, 2.45) is 5.73 Å². The number of aromatic nitrogens is 2. The van der Waals surface area contributed by atoms with E-state index < -0.39 is 5.91 Å². The molecule has 0 saturated carbocycles. The first-order valence-electron chi connectivity index (χ1n) is 9.39. The number of carbonyl (C=O) groups excluding carboxylic acids is 2. The summed E-state index contributed by atoms with van der Waals surface area (Å²) in [5.74, 6) is -0.564. The van der Waals surface area contributed by atoms with Gasteiger partial charge in [0, 0.05) is 36.1 Å². The molecule has 2 heterocycles. The van der Waals surface area contributed by atoms with Crippen LogP contribution in [0.1, 0.15) is 43.1 Å². The van der Waals surface area contributed by atoms with Crippen molar-refractivity contribution < 1.29 is 9.59 Å². The molecular weight excluding hydrogens is 354 g/mol. The van der Waals surface area contributed by atoms with Crippen LogP contribution < -0.4 is 11.1 Å². The summed E-state index contributed by atoms with van der Waals surface area (Å²) < 4.78 is 1.98. The van der Waals surface area contributed by atoms with E-state index in [0.29, 0.717) is 17.8 Å². The van der Waals surface area contributed by atoms with Crippen LogP contribution in [0.3, 0.4) is 0 Å². The number of nitrogens with zero attached hydrogens (tertiary/aromatic N) is 3. The highest BCUT2D eigenvalue weighted by atomic mass is 16.2. The number of primary amides is 1. The van der Waals surface area contributed by atoms with Crippen molar-refractivity contribution in [2.45, 2.75) is 32.7 Å². The third-order valence-corrected chi connectivity index (χ3v) is 4.75. The van der Waals surface area contributed by atoms with Gasteiger partial charge in [-0.3, -0.25) is 19.2 Å². The normalized spacial score (nSPS) is 15.2. The molecule has 0 unspecified atom stereocenters. The van der Waals surface area contributed by atoms with E-state index in [2.05, 4.69) is 48.4 Å². The molecule has 0 radical (unpaired) electrons. The lowest BCUT2D eigenvalue weighted by molar-refractivity contribution is -0.117. The van der Waals surface area contributed by atoms with Crippen molar-refractivity contribution in [2.75, 3.05) is 25.0 Å². The third-order valence-electron chi connectivity index (χ3n) is 4.75. The van der Waals surface area contributed by atoms with Crippen molar-refractivity contribution in [1.29, 1.82) is 0 Å². The minimum Gasteiger partial charge on any atom is -0.366 e. The molecule has 0 saturated heterocycles. The fourth-order valence-electron chi connectivity index (χ4n) is 3.09. The Kier molecular flexibility index (Phi) is 5.65. The molecule has 2 aromatic rings. The molecule has 1 aliphatic rings. The summed E-state index contributed by atoms with van der Waals surface area (Å²) >= 11 is 0. The molecular formula is C21H27N5O2. The molecule has 28 heavy (non-hydrogen) atoms. The summed E-state index contributed by atoms with van der Waals surface area (Å²) in [5.41, 5.74) is 8.67. The smallest absolute Gasteiger partial charge is 0.248 e. The van der Waals surface area contributed by atoms with E-state index in [1.807, 2.05) is 10.9 Å². The van der Waals surface area contributed by atoms with Crippen LogP contribution >= 0.6 is 0 Å². The zero-order valence-corrected chi connectivity index (χ0v) is 16.6. The summed E-state index contributed by atoms with van der Waals surface area (Å²) in [5, 5.41) is 7.31. The maximum atomic E-state index is 12.3. The minimum absolute atomic E-state index is 0.0345. The molecule has 1 aromatic carbocycles. The maximum absolute atomic E-state index is 12.3. The van der Waals surface area contributed by atoms with Crippen LogP contribution in [0.5, 0.6) is 0 Å². The summed E-state index contributed by atoms with van der Waals surface area (Å²) in [6.07, 6.45) is 7.05. The topological polar surface area (TPSA) is 93.3 Å². The number of amides is 2. The predicted octanol–water partition coefficient (Wildman–Crippen LogP) is 2.46. The lowest BCUT2D eigenvalue weighted by Crippen LogP contribution is -2.36. The van der Waals surface area contributed by atoms with Gasteiger partial charge in [0.2, 0.25) is 11.8 Å². The quantitative estimate of drug-likeness (QED) is 0.832. The van der Waals surface area contributed by atoms with Gasteiger partial charge >= 0.3 is 0 Å². The van der Waals surface area contributed by atoms with E-state index in [1.54, 1.807) is 24.3 Å². The Balaban J connectivity index is 1.53. The fraction of sp³-hybridized carbons (Fsp3) is 0.381. The van der Waals surface area contributed by atoms with Crippen molar-refractivity contribution in [1.82, 2.24) is 14.7 Å². The number of nitrogens with two attached hydrogens (primary N) is 1. The van der Waals surface area contributed by atoms with Crippen LogP contribution in [0.15, 0.2) is 42.7 Å². The highest BCUT2D eigenvalue weighted by Crippen LogP contribution is 2.24. The molecule has 1 aliphatic heterocycles. The van der Waals surface area contributed by atoms with Gasteiger partial charge in [-0.05, 0) is 57.0 Å². The molecule has 0 fully saturated rings. The Labute approximate surface area is 165 Å². The first kappa shape index (κ1) is 19.8. The number of nitrogens with one attached hydrogen (secondary N) is 1. The highest BCUT2D eigenvalue weighted by Gasteiger charge is 2.19. The molecule has 0 spiro atoms. The maximum Gasteiger partial charge on any atom is 0.248 e. The van der Waals surface area contributed by atoms with Gasteiger partial charge in [0.1, 0.15) is 0 Å².